The van der Waals surface area contributed by atoms with Gasteiger partial charge in [-0.3, -0.25) is 4.79 Å². The Balaban J connectivity index is 1.72. The smallest absolute Gasteiger partial charge is 0.341 e. The summed E-state index contributed by atoms with van der Waals surface area (Å²) in [6, 6.07) is 19.6. The second kappa shape index (κ2) is 10.8. The number of carbonyl (C=O) groups excluding carboxylic acids is 2. The molecule has 0 aliphatic heterocycles. The molecule has 5 nitrogen and oxygen atoms in total. The van der Waals surface area contributed by atoms with Gasteiger partial charge in [0.25, 0.3) is 5.91 Å². The van der Waals surface area contributed by atoms with Crippen LogP contribution in [0.15, 0.2) is 60.7 Å². The molecular formula is C29H30N2O3S. The van der Waals surface area contributed by atoms with Crippen molar-refractivity contribution in [3.8, 4) is 11.3 Å². The molecule has 0 aliphatic carbocycles. The van der Waals surface area contributed by atoms with Gasteiger partial charge in [0.05, 0.1) is 28.9 Å². The Morgan fingerprint density at radius 1 is 1.00 bits per heavy atom. The van der Waals surface area contributed by atoms with Crippen LogP contribution in [0.5, 0.6) is 0 Å². The molecule has 0 spiro atoms. The number of fused-ring (bicyclic) bond motifs is 1. The molecule has 4 aromatic rings. The summed E-state index contributed by atoms with van der Waals surface area (Å²) in [6.45, 7) is 8.46. The van der Waals surface area contributed by atoms with Gasteiger partial charge in [0.2, 0.25) is 0 Å². The Hall–Kier alpha value is -3.51. The van der Waals surface area contributed by atoms with E-state index >= 15 is 0 Å². The van der Waals surface area contributed by atoms with Crippen molar-refractivity contribution in [2.75, 3.05) is 11.9 Å². The SMILES string of the molecule is CCOC(=O)c1cc(CC)sc1NC(=O)c1cc(-c2ccc(CC(C)C)cc2)nc2ccccc12. The van der Waals surface area contributed by atoms with Crippen molar-refractivity contribution >= 4 is 39.1 Å². The Morgan fingerprint density at radius 2 is 1.74 bits per heavy atom. The molecule has 6 heteroatoms. The topological polar surface area (TPSA) is 68.3 Å². The lowest BCUT2D eigenvalue weighted by Crippen LogP contribution is -2.15. The highest BCUT2D eigenvalue weighted by atomic mass is 32.1. The second-order valence-corrected chi connectivity index (χ2v) is 9.99. The number of thiophene rings is 1. The zero-order chi connectivity index (χ0) is 24.9. The lowest BCUT2D eigenvalue weighted by Gasteiger charge is -2.11. The fourth-order valence-electron chi connectivity index (χ4n) is 4.03. The fourth-order valence-corrected chi connectivity index (χ4v) is 5.01. The molecule has 0 aliphatic rings. The third-order valence-electron chi connectivity index (χ3n) is 5.71. The first kappa shape index (κ1) is 24.6. The van der Waals surface area contributed by atoms with E-state index in [2.05, 4.69) is 43.4 Å². The number of pyridine rings is 1. The maximum absolute atomic E-state index is 13.5. The highest BCUT2D eigenvalue weighted by Crippen LogP contribution is 2.31. The molecule has 0 saturated heterocycles. The molecule has 1 amide bonds. The van der Waals surface area contributed by atoms with Crippen LogP contribution in [-0.4, -0.2) is 23.5 Å². The number of aromatic nitrogens is 1. The number of nitrogens with zero attached hydrogens (tertiary/aromatic N) is 1. The molecule has 2 heterocycles. The van der Waals surface area contributed by atoms with Crippen LogP contribution in [0.4, 0.5) is 5.00 Å². The van der Waals surface area contributed by atoms with Crippen molar-refractivity contribution in [2.45, 2.75) is 40.5 Å². The summed E-state index contributed by atoms with van der Waals surface area (Å²) < 4.78 is 5.20. The molecule has 4 rings (SSSR count). The predicted molar refractivity (Wildman–Crippen MR) is 143 cm³/mol. The van der Waals surface area contributed by atoms with E-state index in [1.807, 2.05) is 37.3 Å². The number of nitrogens with one attached hydrogen (secondary N) is 1. The summed E-state index contributed by atoms with van der Waals surface area (Å²) in [6.07, 6.45) is 1.78. The number of anilines is 1. The summed E-state index contributed by atoms with van der Waals surface area (Å²) in [4.78, 5) is 31.8. The predicted octanol–water partition coefficient (Wildman–Crippen LogP) is 7.15. The number of esters is 1. The van der Waals surface area contributed by atoms with Crippen molar-refractivity contribution in [1.29, 1.82) is 0 Å². The molecular weight excluding hydrogens is 456 g/mol. The number of hydrogen-bond acceptors (Lipinski definition) is 5. The first-order valence-electron chi connectivity index (χ1n) is 12.0. The summed E-state index contributed by atoms with van der Waals surface area (Å²) in [5.74, 6) is -0.128. The number of benzene rings is 2. The summed E-state index contributed by atoms with van der Waals surface area (Å²) in [7, 11) is 0. The Labute approximate surface area is 210 Å². The van der Waals surface area contributed by atoms with Gasteiger partial charge < -0.3 is 10.1 Å². The van der Waals surface area contributed by atoms with Gasteiger partial charge >= 0.3 is 5.97 Å². The Morgan fingerprint density at radius 3 is 2.43 bits per heavy atom. The van der Waals surface area contributed by atoms with Gasteiger partial charge in [-0.1, -0.05) is 63.2 Å². The molecule has 0 bridgehead atoms. The minimum atomic E-state index is -0.430. The average molecular weight is 487 g/mol. The number of ether oxygens (including phenoxy) is 1. The van der Waals surface area contributed by atoms with E-state index in [0.717, 1.165) is 39.9 Å². The molecule has 2 aromatic heterocycles. The first-order valence-corrected chi connectivity index (χ1v) is 12.8. The van der Waals surface area contributed by atoms with Crippen LogP contribution < -0.4 is 5.32 Å². The lowest BCUT2D eigenvalue weighted by molar-refractivity contribution is 0.0528. The molecule has 0 unspecified atom stereocenters. The van der Waals surface area contributed by atoms with E-state index in [0.29, 0.717) is 22.0 Å². The van der Waals surface area contributed by atoms with Gasteiger partial charge in [-0.25, -0.2) is 9.78 Å². The van der Waals surface area contributed by atoms with Crippen LogP contribution in [0.25, 0.3) is 22.2 Å². The number of aryl methyl sites for hydroxylation is 1. The quantitative estimate of drug-likeness (QED) is 0.268. The lowest BCUT2D eigenvalue weighted by atomic mass is 9.99. The third-order valence-corrected chi connectivity index (χ3v) is 6.90. The average Bonchev–Trinajstić information content (AvgIpc) is 3.26. The van der Waals surface area contributed by atoms with Gasteiger partial charge in [-0.15, -0.1) is 11.3 Å². The van der Waals surface area contributed by atoms with Crippen LogP contribution in [0.3, 0.4) is 0 Å². The van der Waals surface area contributed by atoms with Gasteiger partial charge in [0.15, 0.2) is 0 Å². The molecule has 180 valence electrons. The van der Waals surface area contributed by atoms with E-state index in [4.69, 9.17) is 9.72 Å². The molecule has 1 N–H and O–H groups in total. The second-order valence-electron chi connectivity index (χ2n) is 8.85. The van der Waals surface area contributed by atoms with Crippen molar-refractivity contribution in [2.24, 2.45) is 5.92 Å². The minimum absolute atomic E-state index is 0.276. The van der Waals surface area contributed by atoms with Crippen LogP contribution in [0.1, 0.15) is 58.9 Å². The number of rotatable bonds is 8. The number of carbonyl (C=O) groups is 2. The van der Waals surface area contributed by atoms with E-state index in [1.54, 1.807) is 13.0 Å². The Bertz CT molecular complexity index is 1360. The van der Waals surface area contributed by atoms with Crippen LogP contribution >= 0.6 is 11.3 Å². The zero-order valence-electron chi connectivity index (χ0n) is 20.6. The van der Waals surface area contributed by atoms with Crippen LogP contribution in [-0.2, 0) is 17.6 Å². The number of para-hydroxylation sites is 1. The largest absolute Gasteiger partial charge is 0.462 e. The summed E-state index contributed by atoms with van der Waals surface area (Å²) in [5.41, 5.74) is 4.61. The van der Waals surface area contributed by atoms with E-state index in [-0.39, 0.29) is 12.5 Å². The third kappa shape index (κ3) is 5.60. The highest BCUT2D eigenvalue weighted by Gasteiger charge is 2.21. The maximum atomic E-state index is 13.5. The molecule has 0 fully saturated rings. The monoisotopic (exact) mass is 486 g/mol. The van der Waals surface area contributed by atoms with Gasteiger partial charge in [-0.2, -0.15) is 0 Å². The first-order chi connectivity index (χ1) is 16.9. The number of amides is 1. The molecule has 35 heavy (non-hydrogen) atoms. The van der Waals surface area contributed by atoms with Crippen LogP contribution in [0, 0.1) is 5.92 Å². The molecule has 0 atom stereocenters. The van der Waals surface area contributed by atoms with E-state index in [1.165, 1.54) is 16.9 Å². The van der Waals surface area contributed by atoms with E-state index < -0.39 is 5.97 Å². The van der Waals surface area contributed by atoms with E-state index in [9.17, 15) is 9.59 Å². The normalized spacial score (nSPS) is 11.1. The van der Waals surface area contributed by atoms with Gasteiger partial charge in [-0.05, 0) is 49.4 Å². The zero-order valence-corrected chi connectivity index (χ0v) is 21.4. The standard InChI is InChI=1S/C29H30N2O3S/c1-5-21-16-24(29(33)34-6-2)28(35-21)31-27(32)23-17-26(30-25-10-8-7-9-22(23)25)20-13-11-19(12-14-20)15-18(3)4/h7-14,16-18H,5-6,15H2,1-4H3,(H,31,32). The number of hydrogen-bond donors (Lipinski definition) is 1. The van der Waals surface area contributed by atoms with Crippen LogP contribution in [0.2, 0.25) is 0 Å². The van der Waals surface area contributed by atoms with Gasteiger partial charge in [0, 0.05) is 15.8 Å². The van der Waals surface area contributed by atoms with Crippen molar-refractivity contribution in [1.82, 2.24) is 4.98 Å². The molecule has 0 radical (unpaired) electrons. The molecule has 2 aromatic carbocycles. The maximum Gasteiger partial charge on any atom is 0.341 e. The Kier molecular flexibility index (Phi) is 7.61. The summed E-state index contributed by atoms with van der Waals surface area (Å²) >= 11 is 1.40. The van der Waals surface area contributed by atoms with Crippen molar-refractivity contribution < 1.29 is 14.3 Å². The van der Waals surface area contributed by atoms with Crippen molar-refractivity contribution in [3.63, 3.8) is 0 Å². The minimum Gasteiger partial charge on any atom is -0.462 e. The summed E-state index contributed by atoms with van der Waals surface area (Å²) in [5, 5.41) is 4.24. The highest BCUT2D eigenvalue weighted by molar-refractivity contribution is 7.16. The molecule has 0 saturated carbocycles. The van der Waals surface area contributed by atoms with Crippen molar-refractivity contribution in [3.05, 3.63) is 82.2 Å². The van der Waals surface area contributed by atoms with Gasteiger partial charge in [0.1, 0.15) is 5.00 Å². The fraction of sp³-hybridized carbons (Fsp3) is 0.276.